The van der Waals surface area contributed by atoms with Crippen molar-refractivity contribution < 1.29 is 13.5 Å². The molecule has 2 aromatic carbocycles. The van der Waals surface area contributed by atoms with Gasteiger partial charge < -0.3 is 10.5 Å². The standard InChI is InChI=1S/C17H19F2NO/c1-11-8-13(6-7-20)9-12(2)17(11)21-10-14-15(18)4-3-5-16(14)19/h3-5,8-9H,6-7,10,20H2,1-2H3. The zero-order valence-electron chi connectivity index (χ0n) is 12.2. The van der Waals surface area contributed by atoms with Crippen molar-refractivity contribution in [1.82, 2.24) is 0 Å². The van der Waals surface area contributed by atoms with Gasteiger partial charge in [-0.3, -0.25) is 0 Å². The Morgan fingerprint density at radius 2 is 1.62 bits per heavy atom. The van der Waals surface area contributed by atoms with Gasteiger partial charge >= 0.3 is 0 Å². The van der Waals surface area contributed by atoms with Crippen LogP contribution in [0.15, 0.2) is 30.3 Å². The lowest BCUT2D eigenvalue weighted by Gasteiger charge is -2.14. The van der Waals surface area contributed by atoms with Crippen LogP contribution in [-0.4, -0.2) is 6.54 Å². The number of benzene rings is 2. The highest BCUT2D eigenvalue weighted by atomic mass is 19.1. The Bertz CT molecular complexity index is 597. The fourth-order valence-corrected chi connectivity index (χ4v) is 2.39. The van der Waals surface area contributed by atoms with Crippen molar-refractivity contribution in [2.45, 2.75) is 26.9 Å². The molecule has 0 bridgehead atoms. The van der Waals surface area contributed by atoms with E-state index in [1.807, 2.05) is 26.0 Å². The molecule has 2 aromatic rings. The quantitative estimate of drug-likeness (QED) is 0.912. The fourth-order valence-electron chi connectivity index (χ4n) is 2.39. The van der Waals surface area contributed by atoms with Crippen molar-refractivity contribution in [2.75, 3.05) is 6.54 Å². The van der Waals surface area contributed by atoms with Crippen LogP contribution < -0.4 is 10.5 Å². The van der Waals surface area contributed by atoms with Crippen molar-refractivity contribution in [1.29, 1.82) is 0 Å². The van der Waals surface area contributed by atoms with Crippen molar-refractivity contribution in [3.8, 4) is 5.75 Å². The molecule has 0 aliphatic heterocycles. The van der Waals surface area contributed by atoms with Gasteiger partial charge in [0, 0.05) is 0 Å². The summed E-state index contributed by atoms with van der Waals surface area (Å²) >= 11 is 0. The highest BCUT2D eigenvalue weighted by Gasteiger charge is 2.12. The molecule has 2 N–H and O–H groups in total. The van der Waals surface area contributed by atoms with Crippen molar-refractivity contribution >= 4 is 0 Å². The van der Waals surface area contributed by atoms with Crippen LogP contribution >= 0.6 is 0 Å². The average Bonchev–Trinajstić information content (AvgIpc) is 2.41. The van der Waals surface area contributed by atoms with Gasteiger partial charge in [-0.05, 0) is 55.6 Å². The number of hydrogen-bond acceptors (Lipinski definition) is 2. The lowest BCUT2D eigenvalue weighted by molar-refractivity contribution is 0.288. The van der Waals surface area contributed by atoms with Crippen LogP contribution in [0.4, 0.5) is 8.78 Å². The zero-order chi connectivity index (χ0) is 15.4. The van der Waals surface area contributed by atoms with Gasteiger partial charge in [0.2, 0.25) is 0 Å². The Labute approximate surface area is 123 Å². The zero-order valence-corrected chi connectivity index (χ0v) is 12.2. The molecule has 0 fully saturated rings. The summed E-state index contributed by atoms with van der Waals surface area (Å²) in [6.07, 6.45) is 0.796. The first kappa shape index (κ1) is 15.4. The van der Waals surface area contributed by atoms with Crippen LogP contribution in [0.3, 0.4) is 0 Å². The number of rotatable bonds is 5. The first-order chi connectivity index (χ1) is 10.0. The third kappa shape index (κ3) is 3.58. The summed E-state index contributed by atoms with van der Waals surface area (Å²) in [6, 6.07) is 7.78. The van der Waals surface area contributed by atoms with E-state index in [0.29, 0.717) is 12.3 Å². The van der Waals surface area contributed by atoms with Crippen molar-refractivity contribution in [3.63, 3.8) is 0 Å². The van der Waals surface area contributed by atoms with E-state index in [4.69, 9.17) is 10.5 Å². The van der Waals surface area contributed by atoms with E-state index in [1.165, 1.54) is 18.2 Å². The van der Waals surface area contributed by atoms with E-state index in [2.05, 4.69) is 0 Å². The van der Waals surface area contributed by atoms with Crippen LogP contribution in [0.1, 0.15) is 22.3 Å². The largest absolute Gasteiger partial charge is 0.488 e. The van der Waals surface area contributed by atoms with Crippen LogP contribution in [-0.2, 0) is 13.0 Å². The second kappa shape index (κ2) is 6.68. The third-order valence-electron chi connectivity index (χ3n) is 3.38. The summed E-state index contributed by atoms with van der Waals surface area (Å²) in [5.74, 6) is -0.520. The molecule has 0 amide bonds. The summed E-state index contributed by atoms with van der Waals surface area (Å²) < 4.78 is 32.8. The van der Waals surface area contributed by atoms with Gasteiger partial charge in [0.05, 0.1) is 5.56 Å². The van der Waals surface area contributed by atoms with Crippen LogP contribution in [0.25, 0.3) is 0 Å². The molecule has 21 heavy (non-hydrogen) atoms. The molecule has 0 heterocycles. The second-order valence-electron chi connectivity index (χ2n) is 5.09. The van der Waals surface area contributed by atoms with Gasteiger partial charge in [0.25, 0.3) is 0 Å². The second-order valence-corrected chi connectivity index (χ2v) is 5.09. The van der Waals surface area contributed by atoms with Crippen LogP contribution in [0.2, 0.25) is 0 Å². The Kier molecular flexibility index (Phi) is 4.91. The molecule has 0 unspecified atom stereocenters. The minimum absolute atomic E-state index is 0.0534. The van der Waals surface area contributed by atoms with Gasteiger partial charge in [-0.15, -0.1) is 0 Å². The molecule has 0 saturated carbocycles. The highest BCUT2D eigenvalue weighted by molar-refractivity contribution is 5.43. The molecule has 0 radical (unpaired) electrons. The molecule has 0 aliphatic rings. The van der Waals surface area contributed by atoms with E-state index >= 15 is 0 Å². The molecule has 0 aliphatic carbocycles. The van der Waals surface area contributed by atoms with Crippen molar-refractivity contribution in [2.24, 2.45) is 5.73 Å². The molecular weight excluding hydrogens is 272 g/mol. The molecule has 4 heteroatoms. The molecule has 0 saturated heterocycles. The smallest absolute Gasteiger partial charge is 0.132 e. The molecular formula is C17H19F2NO. The normalized spacial score (nSPS) is 10.7. The van der Waals surface area contributed by atoms with Gasteiger partial charge in [-0.2, -0.15) is 0 Å². The SMILES string of the molecule is Cc1cc(CCN)cc(C)c1OCc1c(F)cccc1F. The maximum atomic E-state index is 13.6. The topological polar surface area (TPSA) is 35.2 Å². The van der Waals surface area contributed by atoms with Crippen LogP contribution in [0, 0.1) is 25.5 Å². The Morgan fingerprint density at radius 3 is 2.14 bits per heavy atom. The Balaban J connectivity index is 2.21. The highest BCUT2D eigenvalue weighted by Crippen LogP contribution is 2.26. The fraction of sp³-hybridized carbons (Fsp3) is 0.294. The average molecular weight is 291 g/mol. The number of nitrogens with two attached hydrogens (primary N) is 1. The Hall–Kier alpha value is -1.94. The van der Waals surface area contributed by atoms with Gasteiger partial charge in [0.15, 0.2) is 0 Å². The predicted molar refractivity (Wildman–Crippen MR) is 79.4 cm³/mol. The maximum absolute atomic E-state index is 13.6. The Morgan fingerprint density at radius 1 is 1.05 bits per heavy atom. The number of aryl methyl sites for hydroxylation is 2. The predicted octanol–water partition coefficient (Wildman–Crippen LogP) is 3.66. The summed E-state index contributed by atoms with van der Waals surface area (Å²) in [7, 11) is 0. The monoisotopic (exact) mass is 291 g/mol. The minimum Gasteiger partial charge on any atom is -0.488 e. The van der Waals surface area contributed by atoms with Gasteiger partial charge in [-0.25, -0.2) is 8.78 Å². The first-order valence-electron chi connectivity index (χ1n) is 6.88. The summed E-state index contributed by atoms with van der Waals surface area (Å²) in [5.41, 5.74) is 8.51. The number of hydrogen-bond donors (Lipinski definition) is 1. The molecule has 0 spiro atoms. The summed E-state index contributed by atoms with van der Waals surface area (Å²) in [5, 5.41) is 0. The lowest BCUT2D eigenvalue weighted by atomic mass is 10.0. The maximum Gasteiger partial charge on any atom is 0.132 e. The minimum atomic E-state index is -0.593. The van der Waals surface area contributed by atoms with E-state index in [9.17, 15) is 8.78 Å². The van der Waals surface area contributed by atoms with E-state index in [0.717, 1.165) is 23.1 Å². The molecule has 0 aromatic heterocycles. The summed E-state index contributed by atoms with van der Waals surface area (Å²) in [4.78, 5) is 0. The third-order valence-corrected chi connectivity index (χ3v) is 3.38. The van der Waals surface area contributed by atoms with Crippen molar-refractivity contribution in [3.05, 3.63) is 64.2 Å². The van der Waals surface area contributed by atoms with Gasteiger partial charge in [-0.1, -0.05) is 18.2 Å². The molecule has 2 nitrogen and oxygen atoms in total. The van der Waals surface area contributed by atoms with E-state index in [-0.39, 0.29) is 12.2 Å². The van der Waals surface area contributed by atoms with E-state index < -0.39 is 11.6 Å². The molecule has 112 valence electrons. The number of halogens is 2. The lowest BCUT2D eigenvalue weighted by Crippen LogP contribution is -2.06. The van der Waals surface area contributed by atoms with Crippen LogP contribution in [0.5, 0.6) is 5.75 Å². The summed E-state index contributed by atoms with van der Waals surface area (Å²) in [6.45, 7) is 4.29. The van der Waals surface area contributed by atoms with Gasteiger partial charge in [0.1, 0.15) is 24.0 Å². The number of ether oxygens (including phenoxy) is 1. The molecule has 2 rings (SSSR count). The molecule has 0 atom stereocenters. The first-order valence-corrected chi connectivity index (χ1v) is 6.88. The van der Waals surface area contributed by atoms with E-state index in [1.54, 1.807) is 0 Å².